The lowest BCUT2D eigenvalue weighted by atomic mass is 10.2. The van der Waals surface area contributed by atoms with Crippen LogP contribution in [0.2, 0.25) is 5.02 Å². The average Bonchev–Trinajstić information content (AvgIpc) is 3.07. The maximum atomic E-state index is 13.6. The van der Waals surface area contributed by atoms with Crippen molar-refractivity contribution in [2.24, 2.45) is 0 Å². The van der Waals surface area contributed by atoms with Gasteiger partial charge in [0.25, 0.3) is 5.91 Å². The van der Waals surface area contributed by atoms with Crippen LogP contribution >= 0.6 is 11.6 Å². The molecule has 26 heavy (non-hydrogen) atoms. The number of fused-ring (bicyclic) bond motifs is 1. The van der Waals surface area contributed by atoms with Crippen molar-refractivity contribution in [1.82, 2.24) is 0 Å². The van der Waals surface area contributed by atoms with Gasteiger partial charge in [-0.3, -0.25) is 4.79 Å². The molecule has 0 saturated carbocycles. The molecular formula is C17H12ClF2NO5. The minimum absolute atomic E-state index is 0.0223. The van der Waals surface area contributed by atoms with E-state index in [1.54, 1.807) is 0 Å². The molecule has 9 heteroatoms. The van der Waals surface area contributed by atoms with Crippen molar-refractivity contribution in [3.63, 3.8) is 0 Å². The summed E-state index contributed by atoms with van der Waals surface area (Å²) in [6, 6.07) is 5.29. The standard InChI is InChI=1S/C17H12ClF2NO5/c1-8(16(22)21-13-6-10(19)2-3-12(13)20)26-17(23)9-4-11(18)15-14(5-9)24-7-25-15/h2-6,8H,7H2,1H3,(H,21,22)/t8-/m1/s1. The van der Waals surface area contributed by atoms with E-state index in [9.17, 15) is 18.4 Å². The number of amides is 1. The summed E-state index contributed by atoms with van der Waals surface area (Å²) < 4.78 is 42.0. The van der Waals surface area contributed by atoms with Gasteiger partial charge >= 0.3 is 5.97 Å². The number of nitrogens with one attached hydrogen (secondary N) is 1. The molecule has 136 valence electrons. The molecule has 1 amide bonds. The molecule has 0 aliphatic carbocycles. The third-order valence-corrected chi connectivity index (χ3v) is 3.78. The van der Waals surface area contributed by atoms with Crippen LogP contribution in [0.4, 0.5) is 14.5 Å². The first kappa shape index (κ1) is 17.9. The fraction of sp³-hybridized carbons (Fsp3) is 0.176. The molecule has 0 radical (unpaired) electrons. The van der Waals surface area contributed by atoms with E-state index < -0.39 is 29.6 Å². The van der Waals surface area contributed by atoms with Crippen LogP contribution in [-0.4, -0.2) is 24.8 Å². The molecule has 1 aliphatic rings. The van der Waals surface area contributed by atoms with Crippen molar-refractivity contribution in [2.45, 2.75) is 13.0 Å². The summed E-state index contributed by atoms with van der Waals surface area (Å²) in [7, 11) is 0. The smallest absolute Gasteiger partial charge is 0.339 e. The number of ether oxygens (including phenoxy) is 3. The summed E-state index contributed by atoms with van der Waals surface area (Å²) in [5.74, 6) is -2.61. The van der Waals surface area contributed by atoms with Crippen molar-refractivity contribution >= 4 is 29.2 Å². The van der Waals surface area contributed by atoms with Gasteiger partial charge in [-0.2, -0.15) is 0 Å². The number of benzene rings is 2. The Labute approximate surface area is 151 Å². The van der Waals surface area contributed by atoms with Crippen LogP contribution in [0.15, 0.2) is 30.3 Å². The molecule has 0 bridgehead atoms. The van der Waals surface area contributed by atoms with Crippen molar-refractivity contribution in [2.75, 3.05) is 12.1 Å². The van der Waals surface area contributed by atoms with Gasteiger partial charge in [-0.25, -0.2) is 13.6 Å². The van der Waals surface area contributed by atoms with Gasteiger partial charge in [-0.15, -0.1) is 0 Å². The van der Waals surface area contributed by atoms with Crippen LogP contribution in [0.1, 0.15) is 17.3 Å². The summed E-state index contributed by atoms with van der Waals surface area (Å²) in [5, 5.41) is 2.32. The van der Waals surface area contributed by atoms with E-state index >= 15 is 0 Å². The highest BCUT2D eigenvalue weighted by Gasteiger charge is 2.24. The maximum absolute atomic E-state index is 13.6. The predicted molar refractivity (Wildman–Crippen MR) is 87.4 cm³/mol. The fourth-order valence-electron chi connectivity index (χ4n) is 2.19. The Kier molecular flexibility index (Phi) is 4.94. The number of hydrogen-bond acceptors (Lipinski definition) is 5. The van der Waals surface area contributed by atoms with Crippen molar-refractivity contribution in [3.05, 3.63) is 52.6 Å². The van der Waals surface area contributed by atoms with Crippen LogP contribution in [0.5, 0.6) is 11.5 Å². The third kappa shape index (κ3) is 3.70. The summed E-state index contributed by atoms with van der Waals surface area (Å²) in [6.07, 6.45) is -1.27. The second kappa shape index (κ2) is 7.17. The molecule has 6 nitrogen and oxygen atoms in total. The molecule has 0 saturated heterocycles. The second-order valence-corrected chi connectivity index (χ2v) is 5.76. The van der Waals surface area contributed by atoms with E-state index in [0.717, 1.165) is 18.2 Å². The van der Waals surface area contributed by atoms with Crippen LogP contribution in [0.25, 0.3) is 0 Å². The zero-order chi connectivity index (χ0) is 18.8. The van der Waals surface area contributed by atoms with Crippen molar-refractivity contribution < 1.29 is 32.6 Å². The van der Waals surface area contributed by atoms with Crippen LogP contribution in [-0.2, 0) is 9.53 Å². The molecular weight excluding hydrogens is 372 g/mol. The lowest BCUT2D eigenvalue weighted by Gasteiger charge is -2.14. The Morgan fingerprint density at radius 1 is 1.23 bits per heavy atom. The number of carbonyl (C=O) groups excluding carboxylic acids is 2. The van der Waals surface area contributed by atoms with Gasteiger partial charge in [-0.1, -0.05) is 11.6 Å². The first-order valence-electron chi connectivity index (χ1n) is 7.41. The molecule has 2 aromatic carbocycles. The van der Waals surface area contributed by atoms with Gasteiger partial charge in [0.15, 0.2) is 17.6 Å². The number of esters is 1. The summed E-state index contributed by atoms with van der Waals surface area (Å²) in [5.41, 5.74) is -0.306. The van der Waals surface area contributed by atoms with Gasteiger partial charge in [0, 0.05) is 6.07 Å². The van der Waals surface area contributed by atoms with Crippen molar-refractivity contribution in [1.29, 1.82) is 0 Å². The van der Waals surface area contributed by atoms with E-state index in [0.29, 0.717) is 5.75 Å². The Morgan fingerprint density at radius 3 is 2.77 bits per heavy atom. The third-order valence-electron chi connectivity index (χ3n) is 3.50. The number of carbonyl (C=O) groups is 2. The number of halogens is 3. The number of anilines is 1. The highest BCUT2D eigenvalue weighted by Crippen LogP contribution is 2.39. The lowest BCUT2D eigenvalue weighted by Crippen LogP contribution is -2.30. The molecule has 1 aliphatic heterocycles. The first-order valence-corrected chi connectivity index (χ1v) is 7.79. The Balaban J connectivity index is 1.68. The fourth-order valence-corrected chi connectivity index (χ4v) is 2.46. The Hall–Kier alpha value is -2.87. The molecule has 0 aromatic heterocycles. The quantitative estimate of drug-likeness (QED) is 0.818. The summed E-state index contributed by atoms with van der Waals surface area (Å²) in [6.45, 7) is 1.27. The van der Waals surface area contributed by atoms with E-state index in [1.165, 1.54) is 19.1 Å². The Bertz CT molecular complexity index is 890. The summed E-state index contributed by atoms with van der Waals surface area (Å²) >= 11 is 5.99. The van der Waals surface area contributed by atoms with Crippen LogP contribution in [0, 0.1) is 11.6 Å². The highest BCUT2D eigenvalue weighted by atomic mass is 35.5. The van der Waals surface area contributed by atoms with Gasteiger partial charge in [0.2, 0.25) is 6.79 Å². The Morgan fingerprint density at radius 2 is 2.00 bits per heavy atom. The zero-order valence-electron chi connectivity index (χ0n) is 13.3. The van der Waals surface area contributed by atoms with Gasteiger partial charge in [0.1, 0.15) is 11.6 Å². The average molecular weight is 384 g/mol. The van der Waals surface area contributed by atoms with E-state index in [2.05, 4.69) is 5.32 Å². The van der Waals surface area contributed by atoms with Gasteiger partial charge in [0.05, 0.1) is 16.3 Å². The van der Waals surface area contributed by atoms with Gasteiger partial charge < -0.3 is 19.5 Å². The predicted octanol–water partition coefficient (Wildman–Crippen LogP) is 3.53. The minimum Gasteiger partial charge on any atom is -0.454 e. The molecule has 1 N–H and O–H groups in total. The molecule has 0 unspecified atom stereocenters. The van der Waals surface area contributed by atoms with Crippen LogP contribution in [0.3, 0.4) is 0 Å². The first-order chi connectivity index (χ1) is 12.3. The molecule has 1 atom stereocenters. The molecule has 1 heterocycles. The molecule has 3 rings (SSSR count). The highest BCUT2D eigenvalue weighted by molar-refractivity contribution is 6.32. The SMILES string of the molecule is C[C@@H](OC(=O)c1cc(Cl)c2c(c1)OCO2)C(=O)Nc1cc(F)ccc1F. The second-order valence-electron chi connectivity index (χ2n) is 5.35. The topological polar surface area (TPSA) is 73.9 Å². The monoisotopic (exact) mass is 383 g/mol. The number of hydrogen-bond donors (Lipinski definition) is 1. The van der Waals surface area contributed by atoms with E-state index in [4.69, 9.17) is 25.8 Å². The van der Waals surface area contributed by atoms with Gasteiger partial charge in [-0.05, 0) is 31.2 Å². The lowest BCUT2D eigenvalue weighted by molar-refractivity contribution is -0.123. The van der Waals surface area contributed by atoms with Crippen LogP contribution < -0.4 is 14.8 Å². The maximum Gasteiger partial charge on any atom is 0.339 e. The molecule has 0 spiro atoms. The van der Waals surface area contributed by atoms with Crippen molar-refractivity contribution in [3.8, 4) is 11.5 Å². The van der Waals surface area contributed by atoms with E-state index in [1.807, 2.05) is 0 Å². The number of rotatable bonds is 4. The van der Waals surface area contributed by atoms with E-state index in [-0.39, 0.29) is 28.8 Å². The zero-order valence-corrected chi connectivity index (χ0v) is 14.1. The molecule has 0 fully saturated rings. The largest absolute Gasteiger partial charge is 0.454 e. The summed E-state index contributed by atoms with van der Waals surface area (Å²) in [4.78, 5) is 24.2. The minimum atomic E-state index is -1.27. The normalized spacial score (nSPS) is 13.2. The molecule has 2 aromatic rings.